The average molecular weight is 647 g/mol. The van der Waals surface area contributed by atoms with Crippen LogP contribution < -0.4 is 10.6 Å². The quantitative estimate of drug-likeness (QED) is 0.174. The zero-order valence-electron chi connectivity index (χ0n) is 29.5. The summed E-state index contributed by atoms with van der Waals surface area (Å²) < 4.78 is 0. The number of nitrogens with one attached hydrogen (secondary N) is 2. The van der Waals surface area contributed by atoms with E-state index in [4.69, 9.17) is 0 Å². The van der Waals surface area contributed by atoms with E-state index in [2.05, 4.69) is 119 Å². The number of allylic oxidation sites excluding steroid dienone is 9. The smallest absolute Gasteiger partial charge is 0.0920 e. The van der Waals surface area contributed by atoms with Crippen LogP contribution in [0.25, 0.3) is 0 Å². The van der Waals surface area contributed by atoms with Crippen LogP contribution in [0, 0.1) is 0 Å². The maximum absolute atomic E-state index is 11.2. The molecule has 256 valence electrons. The first-order chi connectivity index (χ1) is 23.5. The van der Waals surface area contributed by atoms with Gasteiger partial charge in [-0.3, -0.25) is 9.80 Å². The van der Waals surface area contributed by atoms with Gasteiger partial charge in [0.25, 0.3) is 0 Å². The number of piperidine rings is 1. The minimum absolute atomic E-state index is 0.701. The van der Waals surface area contributed by atoms with Gasteiger partial charge >= 0.3 is 0 Å². The predicted octanol–water partition coefficient (Wildman–Crippen LogP) is 7.60. The molecular weight excluding hydrogens is 589 g/mol. The second kappa shape index (κ2) is 19.0. The molecule has 0 bridgehead atoms. The summed E-state index contributed by atoms with van der Waals surface area (Å²) in [7, 11) is 0. The monoisotopic (exact) mass is 646 g/mol. The van der Waals surface area contributed by atoms with Crippen molar-refractivity contribution >= 4 is 0 Å². The third-order valence-electron chi connectivity index (χ3n) is 10.1. The van der Waals surface area contributed by atoms with Crippen LogP contribution in [0.15, 0.2) is 125 Å². The Kier molecular flexibility index (Phi) is 14.3. The van der Waals surface area contributed by atoms with Crippen LogP contribution in [-0.4, -0.2) is 67.3 Å². The average Bonchev–Trinajstić information content (AvgIpc) is 3.09. The summed E-state index contributed by atoms with van der Waals surface area (Å²) in [5, 5.41) is 18.7. The molecule has 0 saturated carbocycles. The van der Waals surface area contributed by atoms with Gasteiger partial charge in [-0.2, -0.15) is 0 Å². The standard InChI is InChI=1S/C43H58N4O/c1-36-12-10-11-14-38(19-18-36)32-44-26-30-47(31-27-45-33-41-15-7-4-3-6-13-37(41)2)35-40-22-20-39(21-23-40)34-46-28-24-43(48,25-29-46)42-16-8-5-9-17-42/h3-5,7-12,14-17,20-23,44-45,48H,6,13,18-19,24-35H2,1-2H3/b4-3+,11-10-,15-7-,36-12+,38-14+,41-37-. The van der Waals surface area contributed by atoms with E-state index in [0.717, 1.165) is 110 Å². The van der Waals surface area contributed by atoms with E-state index in [1.54, 1.807) is 0 Å². The summed E-state index contributed by atoms with van der Waals surface area (Å²) in [6.07, 6.45) is 23.8. The van der Waals surface area contributed by atoms with Crippen LogP contribution >= 0.6 is 0 Å². The normalized spacial score (nSPS) is 24.3. The molecule has 3 aliphatic rings. The van der Waals surface area contributed by atoms with Gasteiger partial charge in [-0.15, -0.1) is 0 Å². The molecule has 1 fully saturated rings. The highest BCUT2D eigenvalue weighted by Crippen LogP contribution is 2.33. The lowest BCUT2D eigenvalue weighted by Crippen LogP contribution is -2.42. The lowest BCUT2D eigenvalue weighted by molar-refractivity contribution is -0.0277. The van der Waals surface area contributed by atoms with E-state index in [1.165, 1.54) is 33.4 Å². The Labute approximate surface area is 290 Å². The minimum atomic E-state index is -0.701. The van der Waals surface area contributed by atoms with E-state index in [0.29, 0.717) is 0 Å². The van der Waals surface area contributed by atoms with Crippen molar-refractivity contribution in [1.82, 2.24) is 20.4 Å². The fourth-order valence-electron chi connectivity index (χ4n) is 6.84. The first kappa shape index (κ1) is 36.0. The van der Waals surface area contributed by atoms with Crippen molar-refractivity contribution in [2.45, 2.75) is 71.1 Å². The molecule has 5 nitrogen and oxygen atoms in total. The Morgan fingerprint density at radius 1 is 0.771 bits per heavy atom. The summed E-state index contributed by atoms with van der Waals surface area (Å²) in [6, 6.07) is 19.4. The van der Waals surface area contributed by atoms with Gasteiger partial charge in [0, 0.05) is 65.4 Å². The zero-order valence-corrected chi connectivity index (χ0v) is 29.5. The number of rotatable bonds is 15. The summed E-state index contributed by atoms with van der Waals surface area (Å²) in [4.78, 5) is 5.06. The lowest BCUT2D eigenvalue weighted by atomic mass is 9.84. The first-order valence-corrected chi connectivity index (χ1v) is 18.2. The predicted molar refractivity (Wildman–Crippen MR) is 203 cm³/mol. The summed E-state index contributed by atoms with van der Waals surface area (Å²) >= 11 is 0. The Balaban J connectivity index is 1.12. The molecule has 5 rings (SSSR count). The number of likely N-dealkylation sites (tertiary alicyclic amines) is 1. The first-order valence-electron chi connectivity index (χ1n) is 18.2. The van der Waals surface area contributed by atoms with Gasteiger partial charge < -0.3 is 15.7 Å². The van der Waals surface area contributed by atoms with Gasteiger partial charge in [-0.25, -0.2) is 0 Å². The van der Waals surface area contributed by atoms with Gasteiger partial charge in [0.15, 0.2) is 0 Å². The van der Waals surface area contributed by atoms with Crippen LogP contribution in [0.5, 0.6) is 0 Å². The third kappa shape index (κ3) is 11.7. The van der Waals surface area contributed by atoms with E-state index >= 15 is 0 Å². The van der Waals surface area contributed by atoms with Crippen LogP contribution in [0.3, 0.4) is 0 Å². The van der Waals surface area contributed by atoms with E-state index in [9.17, 15) is 5.11 Å². The zero-order chi connectivity index (χ0) is 33.4. The largest absolute Gasteiger partial charge is 0.385 e. The number of aliphatic hydroxyl groups is 1. The van der Waals surface area contributed by atoms with Crippen LogP contribution in [0.4, 0.5) is 0 Å². The molecule has 0 amide bonds. The number of hydrogen-bond donors (Lipinski definition) is 3. The van der Waals surface area contributed by atoms with Crippen molar-refractivity contribution in [3.05, 3.63) is 142 Å². The third-order valence-corrected chi connectivity index (χ3v) is 10.1. The Morgan fingerprint density at radius 3 is 2.25 bits per heavy atom. The number of nitrogens with zero attached hydrogens (tertiary/aromatic N) is 2. The van der Waals surface area contributed by atoms with Crippen molar-refractivity contribution in [2.24, 2.45) is 0 Å². The van der Waals surface area contributed by atoms with Gasteiger partial charge in [-0.1, -0.05) is 120 Å². The topological polar surface area (TPSA) is 50.8 Å². The van der Waals surface area contributed by atoms with Crippen molar-refractivity contribution in [3.8, 4) is 0 Å². The van der Waals surface area contributed by atoms with Crippen molar-refractivity contribution in [2.75, 3.05) is 52.4 Å². The molecule has 2 aromatic rings. The second-order valence-corrected chi connectivity index (χ2v) is 14.0. The molecule has 3 N–H and O–H groups in total. The van der Waals surface area contributed by atoms with E-state index < -0.39 is 5.60 Å². The SMILES string of the molecule is C\C1=C(CNCCN(CCNC/C2=C/C=C\C=C(/C)CC2)Cc2ccc(CN3CCC(O)(c4ccccc4)CC3)cc2)/C=C\C=C\CC1. The van der Waals surface area contributed by atoms with Crippen LogP contribution in [0.2, 0.25) is 0 Å². The Bertz CT molecular complexity index is 1460. The molecule has 1 heterocycles. The van der Waals surface area contributed by atoms with Gasteiger partial charge in [0.05, 0.1) is 5.60 Å². The number of benzene rings is 2. The highest BCUT2D eigenvalue weighted by atomic mass is 16.3. The molecule has 2 aromatic carbocycles. The maximum atomic E-state index is 11.2. The minimum Gasteiger partial charge on any atom is -0.385 e. The van der Waals surface area contributed by atoms with Gasteiger partial charge in [0.1, 0.15) is 0 Å². The molecule has 0 radical (unpaired) electrons. The van der Waals surface area contributed by atoms with Crippen LogP contribution in [0.1, 0.15) is 69.1 Å². The molecule has 1 saturated heterocycles. The highest BCUT2D eigenvalue weighted by molar-refractivity contribution is 5.30. The molecule has 0 unspecified atom stereocenters. The summed E-state index contributed by atoms with van der Waals surface area (Å²) in [5.41, 5.74) is 8.89. The van der Waals surface area contributed by atoms with Crippen molar-refractivity contribution < 1.29 is 5.11 Å². The fraction of sp³-hybridized carbons (Fsp3) is 0.442. The summed E-state index contributed by atoms with van der Waals surface area (Å²) in [6.45, 7) is 14.0. The fourth-order valence-corrected chi connectivity index (χ4v) is 6.84. The van der Waals surface area contributed by atoms with Gasteiger partial charge in [0.2, 0.25) is 0 Å². The van der Waals surface area contributed by atoms with Crippen LogP contribution in [-0.2, 0) is 18.7 Å². The molecule has 5 heteroatoms. The molecular formula is C43H58N4O. The molecule has 2 aliphatic carbocycles. The van der Waals surface area contributed by atoms with E-state index in [1.807, 2.05) is 18.2 Å². The highest BCUT2D eigenvalue weighted by Gasteiger charge is 2.33. The molecule has 0 aromatic heterocycles. The molecule has 48 heavy (non-hydrogen) atoms. The molecule has 0 atom stereocenters. The van der Waals surface area contributed by atoms with E-state index in [-0.39, 0.29) is 0 Å². The summed E-state index contributed by atoms with van der Waals surface area (Å²) in [5.74, 6) is 0. The second-order valence-electron chi connectivity index (χ2n) is 14.0. The van der Waals surface area contributed by atoms with Crippen molar-refractivity contribution in [1.29, 1.82) is 0 Å². The Morgan fingerprint density at radius 2 is 1.48 bits per heavy atom. The maximum Gasteiger partial charge on any atom is 0.0920 e. The number of hydrogen-bond acceptors (Lipinski definition) is 5. The molecule has 0 spiro atoms. The Hall–Kier alpha value is -3.32. The van der Waals surface area contributed by atoms with Gasteiger partial charge in [-0.05, 0) is 74.6 Å². The van der Waals surface area contributed by atoms with Crippen molar-refractivity contribution in [3.63, 3.8) is 0 Å². The molecule has 1 aliphatic heterocycles. The lowest BCUT2D eigenvalue weighted by Gasteiger charge is -2.38.